The van der Waals surface area contributed by atoms with E-state index in [9.17, 15) is 9.59 Å². The van der Waals surface area contributed by atoms with E-state index < -0.39 is 0 Å². The van der Waals surface area contributed by atoms with E-state index in [1.54, 1.807) is 22.7 Å². The summed E-state index contributed by atoms with van der Waals surface area (Å²) in [6, 6.07) is 17.4. The van der Waals surface area contributed by atoms with E-state index in [2.05, 4.69) is 5.32 Å². The van der Waals surface area contributed by atoms with Gasteiger partial charge in [-0.05, 0) is 24.6 Å². The third-order valence-corrected chi connectivity index (χ3v) is 6.26. The summed E-state index contributed by atoms with van der Waals surface area (Å²) in [6.45, 7) is 3.88. The van der Waals surface area contributed by atoms with Crippen LogP contribution >= 0.6 is 11.8 Å². The average Bonchev–Trinajstić information content (AvgIpc) is 3.16. The van der Waals surface area contributed by atoms with Crippen LogP contribution in [0.2, 0.25) is 0 Å². The minimum atomic E-state index is -0.287. The fourth-order valence-electron chi connectivity index (χ4n) is 3.33. The Morgan fingerprint density at radius 1 is 1.07 bits per heavy atom. The van der Waals surface area contributed by atoms with E-state index in [0.29, 0.717) is 37.6 Å². The quantitative estimate of drug-likeness (QED) is 0.643. The highest BCUT2D eigenvalue weighted by molar-refractivity contribution is 7.99. The van der Waals surface area contributed by atoms with E-state index in [0.717, 1.165) is 11.1 Å². The van der Waals surface area contributed by atoms with Crippen molar-refractivity contribution in [2.24, 2.45) is 0 Å². The maximum Gasteiger partial charge on any atom is 0.291 e. The second kappa shape index (κ2) is 9.36. The summed E-state index contributed by atoms with van der Waals surface area (Å²) in [6.07, 6.45) is 0. The molecule has 1 aromatic heterocycles. The summed E-state index contributed by atoms with van der Waals surface area (Å²) in [7, 11) is 0. The Hall–Kier alpha value is -2.77. The van der Waals surface area contributed by atoms with Crippen LogP contribution in [0.15, 0.2) is 59.0 Å². The largest absolute Gasteiger partial charge is 0.449 e. The van der Waals surface area contributed by atoms with Gasteiger partial charge in [0.15, 0.2) is 0 Å². The van der Waals surface area contributed by atoms with Gasteiger partial charge in [0.1, 0.15) is 11.3 Å². The molecule has 2 aromatic carbocycles. The van der Waals surface area contributed by atoms with Crippen LogP contribution in [0.3, 0.4) is 0 Å². The summed E-state index contributed by atoms with van der Waals surface area (Å²) in [4.78, 5) is 27.7. The number of benzene rings is 2. The van der Waals surface area contributed by atoms with Crippen LogP contribution in [0.5, 0.6) is 0 Å². The first kappa shape index (κ1) is 20.5. The minimum Gasteiger partial charge on any atom is -0.449 e. The van der Waals surface area contributed by atoms with Crippen molar-refractivity contribution >= 4 is 40.2 Å². The van der Waals surface area contributed by atoms with Gasteiger partial charge in [0.25, 0.3) is 5.91 Å². The number of nitrogens with zero attached hydrogens (tertiary/aromatic N) is 1. The molecule has 2 amide bonds. The van der Waals surface area contributed by atoms with Crippen molar-refractivity contribution in [3.63, 3.8) is 0 Å². The second-order valence-corrected chi connectivity index (χ2v) is 8.46. The molecule has 156 valence electrons. The molecule has 0 bridgehead atoms. The Morgan fingerprint density at radius 2 is 1.77 bits per heavy atom. The third-order valence-electron chi connectivity index (χ3n) is 5.05. The number of morpholine rings is 1. The highest BCUT2D eigenvalue weighted by Crippen LogP contribution is 2.32. The van der Waals surface area contributed by atoms with Gasteiger partial charge in [-0.25, -0.2) is 0 Å². The maximum absolute atomic E-state index is 13.1. The lowest BCUT2D eigenvalue weighted by Crippen LogP contribution is -2.40. The first-order valence-electron chi connectivity index (χ1n) is 9.98. The molecule has 1 aliphatic rings. The Bertz CT molecular complexity index is 1030. The van der Waals surface area contributed by atoms with Gasteiger partial charge in [-0.1, -0.05) is 42.5 Å². The number of thioether (sulfide) groups is 1. The Morgan fingerprint density at radius 3 is 2.53 bits per heavy atom. The van der Waals surface area contributed by atoms with Gasteiger partial charge in [0.2, 0.25) is 11.7 Å². The molecule has 3 aromatic rings. The molecule has 4 rings (SSSR count). The topological polar surface area (TPSA) is 71.8 Å². The fourth-order valence-corrected chi connectivity index (χ4v) is 4.17. The molecule has 0 unspecified atom stereocenters. The van der Waals surface area contributed by atoms with Crippen LogP contribution < -0.4 is 5.32 Å². The van der Waals surface area contributed by atoms with Gasteiger partial charge in [-0.2, -0.15) is 0 Å². The molecule has 1 saturated heterocycles. The molecule has 7 heteroatoms. The van der Waals surface area contributed by atoms with Gasteiger partial charge in [0, 0.05) is 24.2 Å². The predicted octanol–water partition coefficient (Wildman–Crippen LogP) is 4.17. The number of anilines is 1. The number of amides is 2. The zero-order chi connectivity index (χ0) is 20.9. The number of ether oxygens (including phenoxy) is 1. The molecule has 0 saturated carbocycles. The van der Waals surface area contributed by atoms with Gasteiger partial charge in [0.05, 0.1) is 18.5 Å². The lowest BCUT2D eigenvalue weighted by atomic mass is 10.2. The molecule has 1 aliphatic heterocycles. The van der Waals surface area contributed by atoms with E-state index in [1.165, 1.54) is 5.56 Å². The number of hydrogen-bond acceptors (Lipinski definition) is 5. The van der Waals surface area contributed by atoms with Crippen molar-refractivity contribution in [1.82, 2.24) is 4.90 Å². The normalized spacial score (nSPS) is 15.2. The monoisotopic (exact) mass is 424 g/mol. The highest BCUT2D eigenvalue weighted by Gasteiger charge is 2.28. The molecule has 30 heavy (non-hydrogen) atoms. The van der Waals surface area contributed by atoms with Crippen molar-refractivity contribution < 1.29 is 18.7 Å². The fraction of sp³-hybridized carbons (Fsp3) is 0.304. The number of para-hydroxylation sites is 1. The van der Waals surface area contributed by atoms with Crippen LogP contribution in [0, 0.1) is 0 Å². The minimum absolute atomic E-state index is 0.154. The van der Waals surface area contributed by atoms with Gasteiger partial charge < -0.3 is 19.4 Å². The number of carbonyl (C=O) groups excluding carboxylic acids is 2. The highest BCUT2D eigenvalue weighted by atomic mass is 32.2. The van der Waals surface area contributed by atoms with Crippen LogP contribution in [0.4, 0.5) is 5.69 Å². The molecule has 1 N–H and O–H groups in total. The number of nitrogens with one attached hydrogen (secondary N) is 1. The van der Waals surface area contributed by atoms with Crippen molar-refractivity contribution in [2.45, 2.75) is 17.9 Å². The summed E-state index contributed by atoms with van der Waals surface area (Å²) in [5.74, 6) is 0.529. The molecule has 0 radical (unpaired) electrons. The molecule has 2 heterocycles. The third kappa shape index (κ3) is 4.52. The maximum atomic E-state index is 13.1. The number of hydrogen-bond donors (Lipinski definition) is 1. The first-order valence-corrected chi connectivity index (χ1v) is 11.0. The van der Waals surface area contributed by atoms with Crippen LogP contribution in [0.25, 0.3) is 11.0 Å². The smallest absolute Gasteiger partial charge is 0.291 e. The second-order valence-electron chi connectivity index (χ2n) is 7.14. The number of furan rings is 1. The van der Waals surface area contributed by atoms with Crippen molar-refractivity contribution in [2.75, 3.05) is 31.6 Å². The number of carbonyl (C=O) groups is 2. The Kier molecular flexibility index (Phi) is 6.40. The van der Waals surface area contributed by atoms with Gasteiger partial charge in [-0.3, -0.25) is 9.59 Å². The molecule has 6 nitrogen and oxygen atoms in total. The van der Waals surface area contributed by atoms with Crippen LogP contribution in [0.1, 0.15) is 23.0 Å². The van der Waals surface area contributed by atoms with Crippen LogP contribution in [-0.4, -0.2) is 48.3 Å². The SMILES string of the molecule is C[C@H](SCc1ccccc1)C(=O)Nc1c(C(=O)N2CCOCC2)oc2ccccc12. The van der Waals surface area contributed by atoms with E-state index in [1.807, 2.05) is 55.5 Å². The van der Waals surface area contributed by atoms with E-state index in [4.69, 9.17) is 9.15 Å². The summed E-state index contributed by atoms with van der Waals surface area (Å²) >= 11 is 1.55. The number of fused-ring (bicyclic) bond motifs is 1. The van der Waals surface area contributed by atoms with Crippen molar-refractivity contribution in [3.05, 3.63) is 65.9 Å². The Balaban J connectivity index is 1.53. The summed E-state index contributed by atoms with van der Waals surface area (Å²) < 4.78 is 11.2. The lowest BCUT2D eigenvalue weighted by Gasteiger charge is -2.26. The van der Waals surface area contributed by atoms with E-state index in [-0.39, 0.29) is 22.8 Å². The van der Waals surface area contributed by atoms with E-state index >= 15 is 0 Å². The zero-order valence-electron chi connectivity index (χ0n) is 16.8. The Labute approximate surface area is 179 Å². The van der Waals surface area contributed by atoms with Crippen LogP contribution in [-0.2, 0) is 15.3 Å². The molecule has 1 atom stereocenters. The number of rotatable bonds is 6. The van der Waals surface area contributed by atoms with Crippen molar-refractivity contribution in [3.8, 4) is 0 Å². The standard InChI is InChI=1S/C23H24N2O4S/c1-16(30-15-17-7-3-2-4-8-17)22(26)24-20-18-9-5-6-10-19(18)29-21(20)23(27)25-11-13-28-14-12-25/h2-10,16H,11-15H2,1H3,(H,24,26)/t16-/m0/s1. The average molecular weight is 425 g/mol. The zero-order valence-corrected chi connectivity index (χ0v) is 17.6. The molecular weight excluding hydrogens is 400 g/mol. The molecular formula is C23H24N2O4S. The summed E-state index contributed by atoms with van der Waals surface area (Å²) in [5, 5.41) is 3.40. The summed E-state index contributed by atoms with van der Waals surface area (Å²) in [5.41, 5.74) is 2.19. The predicted molar refractivity (Wildman–Crippen MR) is 119 cm³/mol. The van der Waals surface area contributed by atoms with Gasteiger partial charge in [-0.15, -0.1) is 11.8 Å². The van der Waals surface area contributed by atoms with Crippen molar-refractivity contribution in [1.29, 1.82) is 0 Å². The lowest BCUT2D eigenvalue weighted by molar-refractivity contribution is -0.115. The first-order chi connectivity index (χ1) is 14.6. The molecule has 0 spiro atoms. The molecule has 1 fully saturated rings. The van der Waals surface area contributed by atoms with Gasteiger partial charge >= 0.3 is 0 Å². The molecule has 0 aliphatic carbocycles.